The summed E-state index contributed by atoms with van der Waals surface area (Å²) < 4.78 is 5.06. The molecule has 1 aliphatic heterocycles. The van der Waals surface area contributed by atoms with Crippen LogP contribution >= 0.6 is 0 Å². The molecule has 0 unspecified atom stereocenters. The molecule has 0 amide bonds. The summed E-state index contributed by atoms with van der Waals surface area (Å²) in [6.07, 6.45) is 0. The minimum Gasteiger partial charge on any atom is -0.399 e. The Morgan fingerprint density at radius 3 is 2.93 bits per heavy atom. The van der Waals surface area contributed by atoms with E-state index in [4.69, 9.17) is 10.5 Å². The molecular weight excluding hydrogens is 176 g/mol. The molecule has 2 rings (SSSR count). The first-order valence-electron chi connectivity index (χ1n) is 4.88. The second kappa shape index (κ2) is 3.98. The molecule has 0 bridgehead atoms. The van der Waals surface area contributed by atoms with Crippen LogP contribution in [-0.4, -0.2) is 25.2 Å². The summed E-state index contributed by atoms with van der Waals surface area (Å²) >= 11 is 0. The van der Waals surface area contributed by atoms with Crippen molar-refractivity contribution in [2.24, 2.45) is 0 Å². The van der Waals surface area contributed by atoms with Gasteiger partial charge in [0.2, 0.25) is 0 Å². The van der Waals surface area contributed by atoms with Crippen LogP contribution in [0.3, 0.4) is 0 Å². The second-order valence-corrected chi connectivity index (χ2v) is 3.73. The molecule has 3 nitrogen and oxygen atoms in total. The van der Waals surface area contributed by atoms with Gasteiger partial charge in [0.15, 0.2) is 0 Å². The largest absolute Gasteiger partial charge is 0.399 e. The van der Waals surface area contributed by atoms with E-state index in [0.717, 1.165) is 31.9 Å². The molecule has 14 heavy (non-hydrogen) atoms. The number of nitrogens with two attached hydrogens (primary N) is 1. The van der Waals surface area contributed by atoms with E-state index in [1.165, 1.54) is 11.1 Å². The van der Waals surface area contributed by atoms with Crippen molar-refractivity contribution in [1.29, 1.82) is 0 Å². The maximum atomic E-state index is 5.73. The number of nitrogens with zero attached hydrogens (tertiary/aromatic N) is 1. The molecule has 0 spiro atoms. The van der Waals surface area contributed by atoms with Crippen LogP contribution in [0.5, 0.6) is 0 Å². The fourth-order valence-corrected chi connectivity index (χ4v) is 1.86. The molecule has 1 aromatic carbocycles. The Labute approximate surface area is 84.5 Å². The van der Waals surface area contributed by atoms with E-state index in [0.29, 0.717) is 0 Å². The van der Waals surface area contributed by atoms with Crippen LogP contribution in [0.2, 0.25) is 0 Å². The van der Waals surface area contributed by atoms with Gasteiger partial charge in [0.05, 0.1) is 6.61 Å². The summed E-state index contributed by atoms with van der Waals surface area (Å²) in [5.74, 6) is 0. The number of anilines is 1. The van der Waals surface area contributed by atoms with Crippen molar-refractivity contribution in [2.75, 3.05) is 26.0 Å². The lowest BCUT2D eigenvalue weighted by molar-refractivity contribution is 0.147. The van der Waals surface area contributed by atoms with Crippen molar-refractivity contribution in [3.8, 4) is 0 Å². The highest BCUT2D eigenvalue weighted by Crippen LogP contribution is 2.24. The van der Waals surface area contributed by atoms with Gasteiger partial charge in [-0.05, 0) is 23.3 Å². The SMILES string of the molecule is COCCN1Cc2ccc(N)cc2C1. The number of rotatable bonds is 3. The zero-order valence-corrected chi connectivity index (χ0v) is 8.49. The third kappa shape index (κ3) is 1.89. The van der Waals surface area contributed by atoms with Gasteiger partial charge in [-0.15, -0.1) is 0 Å². The molecule has 1 heterocycles. The highest BCUT2D eigenvalue weighted by molar-refractivity contribution is 5.46. The first kappa shape index (κ1) is 9.49. The Balaban J connectivity index is 2.03. The molecule has 2 N–H and O–H groups in total. The molecule has 0 saturated carbocycles. The zero-order chi connectivity index (χ0) is 9.97. The fraction of sp³-hybridized carbons (Fsp3) is 0.455. The van der Waals surface area contributed by atoms with E-state index in [9.17, 15) is 0 Å². The molecule has 0 saturated heterocycles. The molecule has 0 aromatic heterocycles. The van der Waals surface area contributed by atoms with Crippen LogP contribution in [0, 0.1) is 0 Å². The predicted molar refractivity (Wildman–Crippen MR) is 56.8 cm³/mol. The van der Waals surface area contributed by atoms with Crippen LogP contribution < -0.4 is 5.73 Å². The molecule has 3 heteroatoms. The maximum absolute atomic E-state index is 5.73. The highest BCUT2D eigenvalue weighted by Gasteiger charge is 2.17. The number of benzene rings is 1. The van der Waals surface area contributed by atoms with Gasteiger partial charge < -0.3 is 10.5 Å². The van der Waals surface area contributed by atoms with E-state index >= 15 is 0 Å². The fourth-order valence-electron chi connectivity index (χ4n) is 1.86. The van der Waals surface area contributed by atoms with Crippen molar-refractivity contribution in [2.45, 2.75) is 13.1 Å². The molecular formula is C11H16N2O. The number of nitrogen functional groups attached to an aromatic ring is 1. The number of hydrogen-bond acceptors (Lipinski definition) is 3. The van der Waals surface area contributed by atoms with Crippen LogP contribution in [0.1, 0.15) is 11.1 Å². The van der Waals surface area contributed by atoms with E-state index in [2.05, 4.69) is 17.0 Å². The van der Waals surface area contributed by atoms with E-state index in [1.807, 2.05) is 6.07 Å². The lowest BCUT2D eigenvalue weighted by atomic mass is 10.1. The molecule has 1 aliphatic rings. The van der Waals surface area contributed by atoms with Crippen LogP contribution in [0.25, 0.3) is 0 Å². The van der Waals surface area contributed by atoms with Gasteiger partial charge in [0.25, 0.3) is 0 Å². The monoisotopic (exact) mass is 192 g/mol. The smallest absolute Gasteiger partial charge is 0.0589 e. The summed E-state index contributed by atoms with van der Waals surface area (Å²) in [7, 11) is 1.74. The van der Waals surface area contributed by atoms with Crippen molar-refractivity contribution in [1.82, 2.24) is 4.90 Å². The summed E-state index contributed by atoms with van der Waals surface area (Å²) in [6.45, 7) is 3.82. The lowest BCUT2D eigenvalue weighted by Gasteiger charge is -2.13. The molecule has 0 fully saturated rings. The highest BCUT2D eigenvalue weighted by atomic mass is 16.5. The maximum Gasteiger partial charge on any atom is 0.0589 e. The van der Waals surface area contributed by atoms with E-state index < -0.39 is 0 Å². The Hall–Kier alpha value is -1.06. The van der Waals surface area contributed by atoms with Crippen molar-refractivity contribution in [3.05, 3.63) is 29.3 Å². The number of hydrogen-bond donors (Lipinski definition) is 1. The number of fused-ring (bicyclic) bond motifs is 1. The molecule has 76 valence electrons. The van der Waals surface area contributed by atoms with Crippen molar-refractivity contribution in [3.63, 3.8) is 0 Å². The number of ether oxygens (including phenoxy) is 1. The Bertz CT molecular complexity index is 325. The Morgan fingerprint density at radius 2 is 2.14 bits per heavy atom. The van der Waals surface area contributed by atoms with E-state index in [1.54, 1.807) is 7.11 Å². The Morgan fingerprint density at radius 1 is 1.36 bits per heavy atom. The normalized spacial score (nSPS) is 15.8. The number of methoxy groups -OCH3 is 1. The molecule has 0 radical (unpaired) electrons. The van der Waals surface area contributed by atoms with Crippen LogP contribution in [0.4, 0.5) is 5.69 Å². The van der Waals surface area contributed by atoms with Gasteiger partial charge in [-0.3, -0.25) is 4.90 Å². The summed E-state index contributed by atoms with van der Waals surface area (Å²) in [4.78, 5) is 2.37. The first-order valence-corrected chi connectivity index (χ1v) is 4.88. The average Bonchev–Trinajstić information content (AvgIpc) is 2.56. The Kier molecular flexibility index (Phi) is 2.70. The lowest BCUT2D eigenvalue weighted by Crippen LogP contribution is -2.21. The minimum absolute atomic E-state index is 0.795. The van der Waals surface area contributed by atoms with Crippen molar-refractivity contribution < 1.29 is 4.74 Å². The van der Waals surface area contributed by atoms with Crippen LogP contribution in [0.15, 0.2) is 18.2 Å². The van der Waals surface area contributed by atoms with E-state index in [-0.39, 0.29) is 0 Å². The second-order valence-electron chi connectivity index (χ2n) is 3.73. The molecule has 0 atom stereocenters. The summed E-state index contributed by atoms with van der Waals surface area (Å²) in [6, 6.07) is 6.16. The summed E-state index contributed by atoms with van der Waals surface area (Å²) in [5, 5.41) is 0. The van der Waals surface area contributed by atoms with Gasteiger partial charge in [-0.1, -0.05) is 6.07 Å². The zero-order valence-electron chi connectivity index (χ0n) is 8.49. The molecule has 0 aliphatic carbocycles. The van der Waals surface area contributed by atoms with Crippen molar-refractivity contribution >= 4 is 5.69 Å². The standard InChI is InChI=1S/C11H16N2O/c1-14-5-4-13-7-9-2-3-11(12)6-10(9)8-13/h2-3,6H,4-5,7-8,12H2,1H3. The third-order valence-corrected chi connectivity index (χ3v) is 2.63. The average molecular weight is 192 g/mol. The first-order chi connectivity index (χ1) is 6.79. The third-order valence-electron chi connectivity index (χ3n) is 2.63. The predicted octanol–water partition coefficient (Wildman–Crippen LogP) is 1.23. The van der Waals surface area contributed by atoms with Gasteiger partial charge in [-0.2, -0.15) is 0 Å². The topological polar surface area (TPSA) is 38.5 Å². The van der Waals surface area contributed by atoms with Gasteiger partial charge in [0.1, 0.15) is 0 Å². The van der Waals surface area contributed by atoms with Gasteiger partial charge in [0, 0.05) is 32.4 Å². The van der Waals surface area contributed by atoms with Gasteiger partial charge >= 0.3 is 0 Å². The summed E-state index contributed by atoms with van der Waals surface area (Å²) in [5.41, 5.74) is 9.35. The van der Waals surface area contributed by atoms with Gasteiger partial charge in [-0.25, -0.2) is 0 Å². The molecule has 1 aromatic rings. The van der Waals surface area contributed by atoms with Crippen LogP contribution in [-0.2, 0) is 17.8 Å². The minimum atomic E-state index is 0.795. The quantitative estimate of drug-likeness (QED) is 0.732.